The van der Waals surface area contributed by atoms with Gasteiger partial charge in [0.1, 0.15) is 23.1 Å². The molecular weight excluding hydrogens is 435 g/mol. The lowest BCUT2D eigenvalue weighted by molar-refractivity contribution is 0.0221. The van der Waals surface area contributed by atoms with Crippen molar-refractivity contribution in [3.63, 3.8) is 0 Å². The molecule has 2 aromatic heterocycles. The molecule has 1 aromatic carbocycles. The van der Waals surface area contributed by atoms with E-state index in [1.165, 1.54) is 12.3 Å². The number of fused-ring (bicyclic) bond motifs is 1. The Morgan fingerprint density at radius 3 is 2.69 bits per heavy atom. The highest BCUT2D eigenvalue weighted by molar-refractivity contribution is 5.93. The summed E-state index contributed by atoms with van der Waals surface area (Å²) in [4.78, 5) is 17.4. The van der Waals surface area contributed by atoms with Crippen molar-refractivity contribution in [3.05, 3.63) is 53.6 Å². The molecule has 1 aliphatic carbocycles. The number of amides is 2. The number of alkyl halides is 2. The lowest BCUT2D eigenvalue weighted by atomic mass is 10.0. The van der Waals surface area contributed by atoms with Crippen LogP contribution in [0, 0.1) is 17.6 Å². The summed E-state index contributed by atoms with van der Waals surface area (Å²) in [6.45, 7) is -0.793. The van der Waals surface area contributed by atoms with E-state index in [1.54, 1.807) is 0 Å². The van der Waals surface area contributed by atoms with Gasteiger partial charge in [0, 0.05) is 24.2 Å². The smallest absolute Gasteiger partial charge is 0.319 e. The molecule has 2 fully saturated rings. The van der Waals surface area contributed by atoms with Gasteiger partial charge in [0.2, 0.25) is 0 Å². The number of hydrogen-bond acceptors (Lipinski definition) is 4. The Bertz CT molecular complexity index is 1210. The average molecular weight is 452 g/mol. The van der Waals surface area contributed by atoms with Gasteiger partial charge in [-0.1, -0.05) is 0 Å². The number of carbonyl (C=O) groups is 1. The van der Waals surface area contributed by atoms with Crippen LogP contribution in [0.25, 0.3) is 5.65 Å². The number of aromatic nitrogens is 3. The largest absolute Gasteiger partial charge is 0.343 e. The van der Waals surface area contributed by atoms with Crippen molar-refractivity contribution in [1.29, 1.82) is 0 Å². The Balaban J connectivity index is 1.52. The summed E-state index contributed by atoms with van der Waals surface area (Å²) in [5.41, 5.74) is -0.658. The molecule has 1 saturated carbocycles. The molecule has 0 radical (unpaired) electrons. The first kappa shape index (κ1) is 20.5. The zero-order valence-corrected chi connectivity index (χ0v) is 16.5. The van der Waals surface area contributed by atoms with Crippen LogP contribution < -0.4 is 15.5 Å². The van der Waals surface area contributed by atoms with Crippen LogP contribution in [0.4, 0.5) is 38.3 Å². The highest BCUT2D eigenvalue weighted by atomic mass is 19.3. The van der Waals surface area contributed by atoms with Gasteiger partial charge >= 0.3 is 6.03 Å². The number of urea groups is 1. The molecule has 5 rings (SSSR count). The van der Waals surface area contributed by atoms with Crippen LogP contribution in [-0.4, -0.2) is 39.1 Å². The van der Waals surface area contributed by atoms with E-state index in [9.17, 15) is 26.7 Å². The first-order chi connectivity index (χ1) is 15.2. The Morgan fingerprint density at radius 2 is 1.94 bits per heavy atom. The van der Waals surface area contributed by atoms with Crippen LogP contribution in [0.2, 0.25) is 0 Å². The van der Waals surface area contributed by atoms with Gasteiger partial charge in [-0.05, 0) is 37.1 Å². The minimum atomic E-state index is -3.19. The maximum absolute atomic E-state index is 14.4. The van der Waals surface area contributed by atoms with Gasteiger partial charge in [0.25, 0.3) is 11.9 Å². The number of rotatable bonds is 4. The number of anilines is 2. The quantitative estimate of drug-likeness (QED) is 0.587. The first-order valence-electron chi connectivity index (χ1n) is 9.92. The van der Waals surface area contributed by atoms with Gasteiger partial charge < -0.3 is 15.5 Å². The van der Waals surface area contributed by atoms with Crippen molar-refractivity contribution in [2.24, 2.45) is 0 Å². The summed E-state index contributed by atoms with van der Waals surface area (Å²) in [7, 11) is 0. The molecule has 2 N–H and O–H groups in total. The second kappa shape index (κ2) is 7.31. The molecule has 0 bridgehead atoms. The number of hydrogen-bond donors (Lipinski definition) is 2. The topological polar surface area (TPSA) is 74.6 Å². The lowest BCUT2D eigenvalue weighted by Gasteiger charge is -2.25. The summed E-state index contributed by atoms with van der Waals surface area (Å²) < 4.78 is 72.1. The molecule has 32 heavy (non-hydrogen) atoms. The van der Waals surface area contributed by atoms with Crippen molar-refractivity contribution in [2.75, 3.05) is 16.8 Å². The molecule has 1 saturated heterocycles. The van der Waals surface area contributed by atoms with E-state index in [-0.39, 0.29) is 28.8 Å². The maximum atomic E-state index is 14.4. The minimum Gasteiger partial charge on any atom is -0.343 e. The third-order valence-corrected chi connectivity index (χ3v) is 5.46. The van der Waals surface area contributed by atoms with Gasteiger partial charge in [-0.25, -0.2) is 31.9 Å². The summed E-state index contributed by atoms with van der Waals surface area (Å²) in [5.74, 6) is -5.79. The molecule has 12 heteroatoms. The van der Waals surface area contributed by atoms with E-state index < -0.39 is 48.5 Å². The molecule has 168 valence electrons. The van der Waals surface area contributed by atoms with Gasteiger partial charge in [-0.3, -0.25) is 0 Å². The number of halogens is 5. The first-order valence-corrected chi connectivity index (χ1v) is 9.92. The standard InChI is InChI=1S/C20H17F5N6O/c21-10-1-4-13(22)12(7-10)14-8-20(24,25)9-30(14)15-5-6-31-18(27-15)16(17(23)29-31)28-19(32)26-11-2-3-11/h1,4-7,11,14H,2-3,8-9H2,(H2,26,28,32)/t14-/m1/s1. The predicted molar refractivity (Wildman–Crippen MR) is 104 cm³/mol. The molecule has 7 nitrogen and oxygen atoms in total. The molecule has 2 aliphatic rings. The highest BCUT2D eigenvalue weighted by Gasteiger charge is 2.47. The van der Waals surface area contributed by atoms with E-state index in [0.717, 1.165) is 40.5 Å². The summed E-state index contributed by atoms with van der Waals surface area (Å²) in [6, 6.07) is 2.17. The van der Waals surface area contributed by atoms with Gasteiger partial charge in [0.05, 0.1) is 12.6 Å². The normalized spacial score (nSPS) is 20.0. The Hall–Kier alpha value is -3.44. The second-order valence-electron chi connectivity index (χ2n) is 7.96. The van der Waals surface area contributed by atoms with Crippen LogP contribution in [0.1, 0.15) is 30.9 Å². The molecule has 3 aromatic rings. The van der Waals surface area contributed by atoms with Crippen LogP contribution >= 0.6 is 0 Å². The number of benzene rings is 1. The monoisotopic (exact) mass is 452 g/mol. The minimum absolute atomic E-state index is 0.0195. The van der Waals surface area contributed by atoms with Gasteiger partial charge in [-0.2, -0.15) is 4.39 Å². The zero-order valence-electron chi connectivity index (χ0n) is 16.5. The third kappa shape index (κ3) is 3.80. The summed E-state index contributed by atoms with van der Waals surface area (Å²) in [5, 5.41) is 8.62. The van der Waals surface area contributed by atoms with E-state index >= 15 is 0 Å². The fraction of sp³-hybridized carbons (Fsp3) is 0.350. The van der Waals surface area contributed by atoms with Crippen LogP contribution in [0.3, 0.4) is 0 Å². The van der Waals surface area contributed by atoms with Crippen molar-refractivity contribution >= 4 is 23.2 Å². The van der Waals surface area contributed by atoms with Gasteiger partial charge in [-0.15, -0.1) is 5.10 Å². The Kier molecular flexibility index (Phi) is 4.68. The zero-order chi connectivity index (χ0) is 22.6. The lowest BCUT2D eigenvalue weighted by Crippen LogP contribution is -2.30. The van der Waals surface area contributed by atoms with Crippen LogP contribution in [-0.2, 0) is 0 Å². The molecule has 1 atom stereocenters. The average Bonchev–Trinajstić information content (AvgIpc) is 3.41. The van der Waals surface area contributed by atoms with E-state index in [0.29, 0.717) is 0 Å². The van der Waals surface area contributed by atoms with E-state index in [1.807, 2.05) is 0 Å². The SMILES string of the molecule is O=C(Nc1c(F)nn2ccc(N3CC(F)(F)C[C@@H]3c3cc(F)ccc3F)nc12)NC1CC1. The molecule has 0 spiro atoms. The Morgan fingerprint density at radius 1 is 1.16 bits per heavy atom. The van der Waals surface area contributed by atoms with Crippen molar-refractivity contribution in [1.82, 2.24) is 19.9 Å². The van der Waals surface area contributed by atoms with Crippen molar-refractivity contribution in [3.8, 4) is 0 Å². The van der Waals surface area contributed by atoms with Crippen molar-refractivity contribution in [2.45, 2.75) is 37.3 Å². The maximum Gasteiger partial charge on any atom is 0.319 e. The highest BCUT2D eigenvalue weighted by Crippen LogP contribution is 2.44. The van der Waals surface area contributed by atoms with Gasteiger partial charge in [0.15, 0.2) is 5.65 Å². The molecular formula is C20H17F5N6O. The third-order valence-electron chi connectivity index (χ3n) is 5.46. The molecule has 3 heterocycles. The summed E-state index contributed by atoms with van der Waals surface area (Å²) >= 11 is 0. The van der Waals surface area contributed by atoms with Crippen LogP contribution in [0.5, 0.6) is 0 Å². The Labute approximate surface area is 178 Å². The predicted octanol–water partition coefficient (Wildman–Crippen LogP) is 4.02. The van der Waals surface area contributed by atoms with Crippen molar-refractivity contribution < 1.29 is 26.7 Å². The molecule has 2 amide bonds. The summed E-state index contributed by atoms with van der Waals surface area (Å²) in [6.07, 6.45) is 2.20. The molecule has 1 aliphatic heterocycles. The second-order valence-corrected chi connectivity index (χ2v) is 7.96. The number of nitrogens with zero attached hydrogens (tertiary/aromatic N) is 4. The number of carbonyl (C=O) groups excluding carboxylic acids is 1. The van der Waals surface area contributed by atoms with E-state index in [4.69, 9.17) is 0 Å². The molecule has 0 unspecified atom stereocenters. The fourth-order valence-electron chi connectivity index (χ4n) is 3.83. The van der Waals surface area contributed by atoms with Crippen LogP contribution in [0.15, 0.2) is 30.5 Å². The number of nitrogens with one attached hydrogen (secondary N) is 2. The van der Waals surface area contributed by atoms with E-state index in [2.05, 4.69) is 20.7 Å². The fourth-order valence-corrected chi connectivity index (χ4v) is 3.83.